The quantitative estimate of drug-likeness (QED) is 0.774. The molecule has 1 amide bonds. The summed E-state index contributed by atoms with van der Waals surface area (Å²) in [6.07, 6.45) is 1.96. The van der Waals surface area contributed by atoms with Gasteiger partial charge in [-0.2, -0.15) is 0 Å². The number of aryl methyl sites for hydroxylation is 1. The molecule has 3 rings (SSSR count). The Hall–Kier alpha value is -2.09. The van der Waals surface area contributed by atoms with Crippen molar-refractivity contribution in [2.24, 2.45) is 0 Å². The molecule has 28 heavy (non-hydrogen) atoms. The van der Waals surface area contributed by atoms with Crippen molar-refractivity contribution in [3.05, 3.63) is 58.6 Å². The standard InChI is InChI=1S/C20H23ClN2O4S/c1-14-5-8-17(9-6-14)28(25,26)23(2)15-7-10-18(19(21)12-15)20(24)22-13-16-4-3-11-27-16/h5-10,12,16H,3-4,11,13H2,1-2H3,(H,22,24)/t16-/m0/s1. The molecule has 1 atom stereocenters. The Balaban J connectivity index is 1.75. The van der Waals surface area contributed by atoms with Crippen molar-refractivity contribution in [1.29, 1.82) is 0 Å². The lowest BCUT2D eigenvalue weighted by Gasteiger charge is -2.20. The maximum Gasteiger partial charge on any atom is 0.264 e. The fourth-order valence-electron chi connectivity index (χ4n) is 3.00. The van der Waals surface area contributed by atoms with Gasteiger partial charge in [0.05, 0.1) is 27.3 Å². The van der Waals surface area contributed by atoms with Crippen LogP contribution in [0.2, 0.25) is 5.02 Å². The van der Waals surface area contributed by atoms with Crippen LogP contribution >= 0.6 is 11.6 Å². The van der Waals surface area contributed by atoms with Crippen LogP contribution < -0.4 is 9.62 Å². The Morgan fingerprint density at radius 2 is 1.96 bits per heavy atom. The number of hydrogen-bond acceptors (Lipinski definition) is 4. The van der Waals surface area contributed by atoms with Crippen LogP contribution in [0.5, 0.6) is 0 Å². The molecule has 150 valence electrons. The van der Waals surface area contributed by atoms with Crippen LogP contribution in [0.15, 0.2) is 47.4 Å². The summed E-state index contributed by atoms with van der Waals surface area (Å²) in [5.41, 5.74) is 1.65. The third kappa shape index (κ3) is 4.48. The number of halogens is 1. The summed E-state index contributed by atoms with van der Waals surface area (Å²) >= 11 is 6.27. The van der Waals surface area contributed by atoms with E-state index in [0.29, 0.717) is 17.8 Å². The third-order valence-electron chi connectivity index (χ3n) is 4.75. The fourth-order valence-corrected chi connectivity index (χ4v) is 4.45. The summed E-state index contributed by atoms with van der Waals surface area (Å²) in [4.78, 5) is 12.6. The van der Waals surface area contributed by atoms with E-state index in [4.69, 9.17) is 16.3 Å². The molecule has 0 unspecified atom stereocenters. The highest BCUT2D eigenvalue weighted by atomic mass is 35.5. The molecule has 1 fully saturated rings. The molecule has 0 aliphatic carbocycles. The fraction of sp³-hybridized carbons (Fsp3) is 0.350. The van der Waals surface area contributed by atoms with Gasteiger partial charge < -0.3 is 10.1 Å². The van der Waals surface area contributed by atoms with E-state index < -0.39 is 10.0 Å². The van der Waals surface area contributed by atoms with Crippen molar-refractivity contribution in [2.75, 3.05) is 24.5 Å². The highest BCUT2D eigenvalue weighted by molar-refractivity contribution is 7.92. The molecule has 0 radical (unpaired) electrons. The average molecular weight is 423 g/mol. The van der Waals surface area contributed by atoms with Crippen LogP contribution in [-0.2, 0) is 14.8 Å². The van der Waals surface area contributed by atoms with Crippen molar-refractivity contribution >= 4 is 33.2 Å². The molecule has 0 aromatic heterocycles. The molecule has 2 aromatic carbocycles. The number of carbonyl (C=O) groups excluding carboxylic acids is 1. The van der Waals surface area contributed by atoms with Crippen LogP contribution in [0.4, 0.5) is 5.69 Å². The van der Waals surface area contributed by atoms with Gasteiger partial charge in [-0.1, -0.05) is 29.3 Å². The normalized spacial score (nSPS) is 16.8. The summed E-state index contributed by atoms with van der Waals surface area (Å²) < 4.78 is 32.3. The molecule has 1 N–H and O–H groups in total. The first kappa shape index (κ1) is 20.6. The van der Waals surface area contributed by atoms with Crippen molar-refractivity contribution < 1.29 is 17.9 Å². The van der Waals surface area contributed by atoms with Gasteiger partial charge in [0.2, 0.25) is 0 Å². The van der Waals surface area contributed by atoms with E-state index in [0.717, 1.165) is 29.3 Å². The number of carbonyl (C=O) groups is 1. The molecule has 1 heterocycles. The largest absolute Gasteiger partial charge is 0.376 e. The predicted molar refractivity (Wildman–Crippen MR) is 110 cm³/mol. The molecule has 0 bridgehead atoms. The Kier molecular flexibility index (Phi) is 6.27. The molecule has 6 nitrogen and oxygen atoms in total. The lowest BCUT2D eigenvalue weighted by molar-refractivity contribution is 0.0858. The number of rotatable bonds is 6. The van der Waals surface area contributed by atoms with E-state index in [1.165, 1.54) is 19.2 Å². The van der Waals surface area contributed by atoms with E-state index >= 15 is 0 Å². The molecule has 2 aromatic rings. The summed E-state index contributed by atoms with van der Waals surface area (Å²) in [6, 6.07) is 11.2. The van der Waals surface area contributed by atoms with Gasteiger partial charge in [-0.3, -0.25) is 9.10 Å². The number of ether oxygens (including phenoxy) is 1. The minimum atomic E-state index is -3.72. The van der Waals surface area contributed by atoms with Gasteiger partial charge in [0.15, 0.2) is 0 Å². The Morgan fingerprint density at radius 3 is 2.57 bits per heavy atom. The van der Waals surface area contributed by atoms with E-state index in [9.17, 15) is 13.2 Å². The summed E-state index contributed by atoms with van der Waals surface area (Å²) in [6.45, 7) is 3.04. The second-order valence-corrected chi connectivity index (χ2v) is 9.17. The SMILES string of the molecule is Cc1ccc(S(=O)(=O)N(C)c2ccc(C(=O)NC[C@@H]3CCCO3)c(Cl)c2)cc1. The second-order valence-electron chi connectivity index (χ2n) is 6.79. The van der Waals surface area contributed by atoms with Crippen molar-refractivity contribution in [3.8, 4) is 0 Å². The number of nitrogens with one attached hydrogen (secondary N) is 1. The number of benzene rings is 2. The average Bonchev–Trinajstić information content (AvgIpc) is 3.19. The summed E-state index contributed by atoms with van der Waals surface area (Å²) in [5, 5.41) is 3.00. The van der Waals surface area contributed by atoms with Gasteiger partial charge in [0, 0.05) is 20.2 Å². The molecule has 0 spiro atoms. The second kappa shape index (κ2) is 8.51. The minimum Gasteiger partial charge on any atom is -0.376 e. The highest BCUT2D eigenvalue weighted by Crippen LogP contribution is 2.27. The molecule has 8 heteroatoms. The first-order chi connectivity index (χ1) is 13.3. The lowest BCUT2D eigenvalue weighted by Crippen LogP contribution is -2.32. The lowest BCUT2D eigenvalue weighted by atomic mass is 10.2. The highest BCUT2D eigenvalue weighted by Gasteiger charge is 2.23. The summed E-state index contributed by atoms with van der Waals surface area (Å²) in [7, 11) is -2.27. The van der Waals surface area contributed by atoms with E-state index in [2.05, 4.69) is 5.32 Å². The van der Waals surface area contributed by atoms with Crippen molar-refractivity contribution in [1.82, 2.24) is 5.32 Å². The minimum absolute atomic E-state index is 0.0350. The predicted octanol–water partition coefficient (Wildman–Crippen LogP) is 3.38. The molecule has 1 saturated heterocycles. The molecule has 0 saturated carbocycles. The first-order valence-corrected chi connectivity index (χ1v) is 10.9. The van der Waals surface area contributed by atoms with Gasteiger partial charge in [-0.15, -0.1) is 0 Å². The number of sulfonamides is 1. The number of amides is 1. The first-order valence-electron chi connectivity index (χ1n) is 9.04. The van der Waals surface area contributed by atoms with Crippen LogP contribution in [0, 0.1) is 6.92 Å². The van der Waals surface area contributed by atoms with Gasteiger partial charge in [-0.25, -0.2) is 8.42 Å². The zero-order valence-electron chi connectivity index (χ0n) is 15.8. The van der Waals surface area contributed by atoms with Crippen molar-refractivity contribution in [3.63, 3.8) is 0 Å². The maximum absolute atomic E-state index is 12.8. The molecular weight excluding hydrogens is 400 g/mol. The topological polar surface area (TPSA) is 75.7 Å². The Labute approximate surface area is 170 Å². The molecule has 1 aliphatic heterocycles. The van der Waals surface area contributed by atoms with Gasteiger partial charge in [0.25, 0.3) is 15.9 Å². The number of nitrogens with zero attached hydrogens (tertiary/aromatic N) is 1. The van der Waals surface area contributed by atoms with E-state index in [-0.39, 0.29) is 21.9 Å². The van der Waals surface area contributed by atoms with Crippen molar-refractivity contribution in [2.45, 2.75) is 30.8 Å². The molecule has 1 aliphatic rings. The van der Waals surface area contributed by atoms with Gasteiger partial charge >= 0.3 is 0 Å². The van der Waals surface area contributed by atoms with Gasteiger partial charge in [-0.05, 0) is 50.1 Å². The smallest absolute Gasteiger partial charge is 0.264 e. The molecular formula is C20H23ClN2O4S. The van der Waals surface area contributed by atoms with Crippen LogP contribution in [-0.4, -0.2) is 40.6 Å². The van der Waals surface area contributed by atoms with E-state index in [1.54, 1.807) is 30.3 Å². The summed E-state index contributed by atoms with van der Waals surface area (Å²) in [5.74, 6) is -0.309. The Bertz CT molecular complexity index is 955. The van der Waals surface area contributed by atoms with E-state index in [1.807, 2.05) is 6.92 Å². The van der Waals surface area contributed by atoms with Crippen LogP contribution in [0.3, 0.4) is 0 Å². The Morgan fingerprint density at radius 1 is 1.25 bits per heavy atom. The van der Waals surface area contributed by atoms with Crippen LogP contribution in [0.25, 0.3) is 0 Å². The maximum atomic E-state index is 12.8. The number of anilines is 1. The van der Waals surface area contributed by atoms with Gasteiger partial charge in [0.1, 0.15) is 0 Å². The third-order valence-corrected chi connectivity index (χ3v) is 6.87. The number of hydrogen-bond donors (Lipinski definition) is 1. The van der Waals surface area contributed by atoms with Crippen LogP contribution in [0.1, 0.15) is 28.8 Å². The zero-order valence-corrected chi connectivity index (χ0v) is 17.4. The zero-order chi connectivity index (χ0) is 20.3. The monoisotopic (exact) mass is 422 g/mol.